The molecule has 0 aliphatic heterocycles. The summed E-state index contributed by atoms with van der Waals surface area (Å²) < 4.78 is 14.2. The van der Waals surface area contributed by atoms with Gasteiger partial charge < -0.3 is 11.5 Å². The summed E-state index contributed by atoms with van der Waals surface area (Å²) in [6, 6.07) is 4.52. The molecule has 6 nitrogen and oxygen atoms in total. The van der Waals surface area contributed by atoms with Gasteiger partial charge in [0.2, 0.25) is 5.96 Å². The first-order valence-electron chi connectivity index (χ1n) is 7.37. The maximum Gasteiger partial charge on any atom is 0.211 e. The Bertz CT molecular complexity index is 844. The average molecular weight is 347 g/mol. The van der Waals surface area contributed by atoms with Crippen LogP contribution in [-0.2, 0) is 6.42 Å². The van der Waals surface area contributed by atoms with Crippen LogP contribution in [0.3, 0.4) is 0 Å². The topological polar surface area (TPSA) is 103 Å². The molecule has 0 saturated heterocycles. The summed E-state index contributed by atoms with van der Waals surface area (Å²) in [7, 11) is 0. The van der Waals surface area contributed by atoms with Crippen LogP contribution in [0.2, 0.25) is 5.02 Å². The minimum Gasteiger partial charge on any atom is -0.369 e. The third kappa shape index (κ3) is 3.21. The molecule has 0 bridgehead atoms. The zero-order valence-electron chi connectivity index (χ0n) is 13.0. The van der Waals surface area contributed by atoms with E-state index < -0.39 is 0 Å². The monoisotopic (exact) mass is 346 g/mol. The fourth-order valence-electron chi connectivity index (χ4n) is 2.96. The van der Waals surface area contributed by atoms with E-state index in [0.29, 0.717) is 29.1 Å². The maximum atomic E-state index is 14.2. The van der Waals surface area contributed by atoms with Crippen molar-refractivity contribution in [3.8, 4) is 0 Å². The van der Waals surface area contributed by atoms with Gasteiger partial charge in [-0.2, -0.15) is 15.3 Å². The van der Waals surface area contributed by atoms with Crippen molar-refractivity contribution in [1.82, 2.24) is 10.2 Å². The second-order valence-corrected chi connectivity index (χ2v) is 6.13. The minimum absolute atomic E-state index is 0.139. The highest BCUT2D eigenvalue weighted by Gasteiger charge is 2.29. The maximum absolute atomic E-state index is 14.2. The van der Waals surface area contributed by atoms with Gasteiger partial charge in [-0.25, -0.2) is 4.39 Å². The van der Waals surface area contributed by atoms with E-state index in [1.54, 1.807) is 12.3 Å². The van der Waals surface area contributed by atoms with E-state index in [4.69, 9.17) is 23.1 Å². The number of nitrogens with two attached hydrogens (primary N) is 2. The number of halogens is 2. The molecule has 1 atom stereocenters. The largest absolute Gasteiger partial charge is 0.369 e. The molecule has 1 aromatic heterocycles. The van der Waals surface area contributed by atoms with E-state index in [1.165, 1.54) is 12.1 Å². The molecule has 8 heteroatoms. The predicted molar refractivity (Wildman–Crippen MR) is 91.6 cm³/mol. The summed E-state index contributed by atoms with van der Waals surface area (Å²) in [4.78, 5) is 0. The zero-order chi connectivity index (χ0) is 17.3. The number of guanidine groups is 1. The van der Waals surface area contributed by atoms with Crippen molar-refractivity contribution < 1.29 is 4.39 Å². The fraction of sp³-hybridized carbons (Fsp3) is 0.250. The molecular formula is C16H16ClFN6. The second-order valence-electron chi connectivity index (χ2n) is 5.69. The van der Waals surface area contributed by atoms with Gasteiger partial charge in [0.05, 0.1) is 17.6 Å². The highest BCUT2D eigenvalue weighted by Crippen LogP contribution is 2.35. The molecule has 1 aliphatic rings. The summed E-state index contributed by atoms with van der Waals surface area (Å²) in [5.41, 5.74) is 14.5. The van der Waals surface area contributed by atoms with E-state index in [2.05, 4.69) is 20.4 Å². The third-order valence-electron chi connectivity index (χ3n) is 3.96. The van der Waals surface area contributed by atoms with Gasteiger partial charge in [0.15, 0.2) is 0 Å². The zero-order valence-corrected chi connectivity index (χ0v) is 13.8. The predicted octanol–water partition coefficient (Wildman–Crippen LogP) is 2.29. The molecule has 1 aromatic carbocycles. The molecule has 124 valence electrons. The number of benzene rings is 1. The standard InChI is InChI=1S/C16H16ClFN6/c1-8-7-21-22-13-4-9(11-6-10(17)2-3-12(11)18)5-14(15(8)13)23-24-16(19)20/h2-3,6-7,9H,4-5H2,1H3,(H4,19,20,24). The van der Waals surface area contributed by atoms with Gasteiger partial charge in [-0.3, -0.25) is 0 Å². The van der Waals surface area contributed by atoms with Crippen LogP contribution in [-0.4, -0.2) is 21.9 Å². The molecule has 0 fully saturated rings. The highest BCUT2D eigenvalue weighted by molar-refractivity contribution is 6.30. The van der Waals surface area contributed by atoms with Crippen LogP contribution in [0.5, 0.6) is 0 Å². The van der Waals surface area contributed by atoms with Crippen LogP contribution >= 0.6 is 11.6 Å². The van der Waals surface area contributed by atoms with Gasteiger partial charge in [-0.05, 0) is 55.0 Å². The van der Waals surface area contributed by atoms with Gasteiger partial charge in [-0.1, -0.05) is 11.6 Å². The van der Waals surface area contributed by atoms with Crippen LogP contribution in [0.1, 0.15) is 34.7 Å². The molecule has 0 spiro atoms. The number of rotatable bonds is 2. The number of aromatic nitrogens is 2. The van der Waals surface area contributed by atoms with Crippen molar-refractivity contribution in [1.29, 1.82) is 0 Å². The molecule has 4 N–H and O–H groups in total. The van der Waals surface area contributed by atoms with Crippen LogP contribution in [0.15, 0.2) is 34.6 Å². The lowest BCUT2D eigenvalue weighted by Crippen LogP contribution is -2.25. The van der Waals surface area contributed by atoms with Crippen LogP contribution in [0.25, 0.3) is 0 Å². The van der Waals surface area contributed by atoms with Crippen LogP contribution in [0.4, 0.5) is 4.39 Å². The summed E-state index contributed by atoms with van der Waals surface area (Å²) in [6.45, 7) is 1.92. The summed E-state index contributed by atoms with van der Waals surface area (Å²) in [5.74, 6) is -0.616. The van der Waals surface area contributed by atoms with E-state index >= 15 is 0 Å². The molecule has 0 amide bonds. The van der Waals surface area contributed by atoms with Gasteiger partial charge in [0.25, 0.3) is 0 Å². The van der Waals surface area contributed by atoms with Crippen molar-refractivity contribution in [3.63, 3.8) is 0 Å². The molecular weight excluding hydrogens is 331 g/mol. The molecule has 3 rings (SSSR count). The van der Waals surface area contributed by atoms with E-state index in [0.717, 1.165) is 16.8 Å². The van der Waals surface area contributed by atoms with E-state index in [9.17, 15) is 4.39 Å². The number of nitrogens with zero attached hydrogens (tertiary/aromatic N) is 4. The Morgan fingerprint density at radius 1 is 1.33 bits per heavy atom. The SMILES string of the molecule is Cc1cnnc2c1C(=NN=C(N)N)CC(c1cc(Cl)ccc1F)C2. The smallest absolute Gasteiger partial charge is 0.211 e. The summed E-state index contributed by atoms with van der Waals surface area (Å²) in [6.07, 6.45) is 2.68. The van der Waals surface area contributed by atoms with Crippen molar-refractivity contribution in [3.05, 3.63) is 57.6 Å². The molecule has 2 aromatic rings. The first kappa shape index (κ1) is 16.3. The summed E-state index contributed by atoms with van der Waals surface area (Å²) >= 11 is 6.02. The number of aryl methyl sites for hydroxylation is 1. The lowest BCUT2D eigenvalue weighted by atomic mass is 9.80. The Morgan fingerprint density at radius 3 is 2.88 bits per heavy atom. The van der Waals surface area contributed by atoms with Crippen molar-refractivity contribution >= 4 is 23.3 Å². The average Bonchev–Trinajstić information content (AvgIpc) is 2.54. The van der Waals surface area contributed by atoms with Crippen molar-refractivity contribution in [2.45, 2.75) is 25.7 Å². The number of hydrogen-bond acceptors (Lipinski definition) is 4. The Hall–Kier alpha value is -2.54. The second kappa shape index (κ2) is 6.52. The summed E-state index contributed by atoms with van der Waals surface area (Å²) in [5, 5.41) is 16.5. The first-order valence-corrected chi connectivity index (χ1v) is 7.75. The normalized spacial score (nSPS) is 18.3. The number of hydrogen-bond donors (Lipinski definition) is 2. The molecule has 0 radical (unpaired) electrons. The van der Waals surface area contributed by atoms with E-state index in [-0.39, 0.29) is 17.7 Å². The molecule has 1 heterocycles. The Balaban J connectivity index is 2.10. The van der Waals surface area contributed by atoms with Gasteiger partial charge >= 0.3 is 0 Å². The van der Waals surface area contributed by atoms with Crippen LogP contribution < -0.4 is 11.5 Å². The minimum atomic E-state index is -0.311. The number of fused-ring (bicyclic) bond motifs is 1. The third-order valence-corrected chi connectivity index (χ3v) is 4.20. The Morgan fingerprint density at radius 2 is 2.12 bits per heavy atom. The lowest BCUT2D eigenvalue weighted by Gasteiger charge is -2.26. The van der Waals surface area contributed by atoms with Gasteiger partial charge in [0.1, 0.15) is 5.82 Å². The molecule has 0 saturated carbocycles. The van der Waals surface area contributed by atoms with Crippen molar-refractivity contribution in [2.75, 3.05) is 0 Å². The Kier molecular flexibility index (Phi) is 4.44. The van der Waals surface area contributed by atoms with E-state index in [1.807, 2.05) is 6.92 Å². The lowest BCUT2D eigenvalue weighted by molar-refractivity contribution is 0.570. The van der Waals surface area contributed by atoms with Crippen molar-refractivity contribution in [2.24, 2.45) is 21.7 Å². The Labute approximate surface area is 143 Å². The highest BCUT2D eigenvalue weighted by atomic mass is 35.5. The molecule has 1 unspecified atom stereocenters. The fourth-order valence-corrected chi connectivity index (χ4v) is 3.14. The quantitative estimate of drug-likeness (QED) is 0.494. The van der Waals surface area contributed by atoms with Gasteiger partial charge in [-0.15, -0.1) is 5.10 Å². The van der Waals surface area contributed by atoms with Crippen LogP contribution in [0, 0.1) is 12.7 Å². The van der Waals surface area contributed by atoms with Gasteiger partial charge in [0, 0.05) is 10.6 Å². The first-order chi connectivity index (χ1) is 11.5. The molecule has 24 heavy (non-hydrogen) atoms. The molecule has 1 aliphatic carbocycles.